The molecule has 6 heteroatoms. The molecule has 0 aromatic rings. The van der Waals surface area contributed by atoms with Gasteiger partial charge in [-0.15, -0.1) is 0 Å². The summed E-state index contributed by atoms with van der Waals surface area (Å²) in [5.74, 6) is -1.26. The molecule has 2 fully saturated rings. The van der Waals surface area contributed by atoms with Gasteiger partial charge in [-0.2, -0.15) is 0 Å². The molecular formula is C13H22N2O4. The lowest BCUT2D eigenvalue weighted by molar-refractivity contribution is -0.142. The van der Waals surface area contributed by atoms with E-state index >= 15 is 0 Å². The predicted octanol–water partition coefficient (Wildman–Crippen LogP) is 0.870. The molecule has 1 N–H and O–H groups in total. The van der Waals surface area contributed by atoms with Gasteiger partial charge in [0.2, 0.25) is 0 Å². The van der Waals surface area contributed by atoms with Gasteiger partial charge in [-0.1, -0.05) is 6.92 Å². The van der Waals surface area contributed by atoms with Gasteiger partial charge in [0, 0.05) is 19.6 Å². The molecular weight excluding hydrogens is 248 g/mol. The van der Waals surface area contributed by atoms with Crippen molar-refractivity contribution in [1.29, 1.82) is 0 Å². The van der Waals surface area contributed by atoms with Crippen LogP contribution < -0.4 is 0 Å². The van der Waals surface area contributed by atoms with Crippen molar-refractivity contribution in [2.75, 3.05) is 32.8 Å². The summed E-state index contributed by atoms with van der Waals surface area (Å²) in [6.07, 6.45) is 0. The Morgan fingerprint density at radius 1 is 1.32 bits per heavy atom. The van der Waals surface area contributed by atoms with Crippen molar-refractivity contribution < 1.29 is 19.4 Å². The van der Waals surface area contributed by atoms with E-state index in [0.717, 1.165) is 0 Å². The minimum atomic E-state index is -0.816. The molecule has 2 aliphatic heterocycles. The highest BCUT2D eigenvalue weighted by Crippen LogP contribution is 2.27. The first-order chi connectivity index (χ1) is 8.83. The lowest BCUT2D eigenvalue weighted by Crippen LogP contribution is -2.58. The summed E-state index contributed by atoms with van der Waals surface area (Å²) in [5, 5.41) is 9.12. The maximum atomic E-state index is 12.5. The average Bonchev–Trinajstić information content (AvgIpc) is 2.70. The van der Waals surface area contributed by atoms with Crippen LogP contribution in [0.1, 0.15) is 20.8 Å². The SMILES string of the molecule is C[C@@H]1CN(C(=O)N2CCOCC2(C)C)C[C@H]1C(=O)O. The van der Waals surface area contributed by atoms with Gasteiger partial charge in [-0.25, -0.2) is 4.79 Å². The Labute approximate surface area is 113 Å². The minimum absolute atomic E-state index is 0.00519. The molecule has 0 spiro atoms. The van der Waals surface area contributed by atoms with Crippen LogP contribution in [-0.4, -0.2) is 65.3 Å². The standard InChI is InChI=1S/C13H22N2O4/c1-9-6-14(7-10(9)11(16)17)12(18)15-4-5-19-8-13(15,2)3/h9-10H,4-8H2,1-3H3,(H,16,17)/t9-,10-/m1/s1. The van der Waals surface area contributed by atoms with Crippen molar-refractivity contribution in [3.05, 3.63) is 0 Å². The quantitative estimate of drug-likeness (QED) is 0.767. The summed E-state index contributed by atoms with van der Waals surface area (Å²) in [7, 11) is 0. The Kier molecular flexibility index (Phi) is 3.71. The summed E-state index contributed by atoms with van der Waals surface area (Å²) in [5.41, 5.74) is -0.333. The van der Waals surface area contributed by atoms with E-state index in [1.54, 1.807) is 9.80 Å². The highest BCUT2D eigenvalue weighted by atomic mass is 16.5. The molecule has 108 valence electrons. The molecule has 0 saturated carbocycles. The molecule has 2 rings (SSSR count). The van der Waals surface area contributed by atoms with Crippen molar-refractivity contribution >= 4 is 12.0 Å². The van der Waals surface area contributed by atoms with Crippen molar-refractivity contribution in [2.24, 2.45) is 11.8 Å². The fourth-order valence-corrected chi connectivity index (χ4v) is 2.83. The number of carbonyl (C=O) groups is 2. The number of amides is 2. The van der Waals surface area contributed by atoms with Crippen LogP contribution in [0.15, 0.2) is 0 Å². The zero-order valence-corrected chi connectivity index (χ0v) is 11.8. The van der Waals surface area contributed by atoms with Gasteiger partial charge < -0.3 is 19.6 Å². The van der Waals surface area contributed by atoms with Gasteiger partial charge in [-0.3, -0.25) is 4.79 Å². The third kappa shape index (κ3) is 2.68. The van der Waals surface area contributed by atoms with Crippen LogP contribution in [-0.2, 0) is 9.53 Å². The van der Waals surface area contributed by atoms with E-state index < -0.39 is 11.9 Å². The van der Waals surface area contributed by atoms with E-state index in [-0.39, 0.29) is 17.5 Å². The van der Waals surface area contributed by atoms with Crippen LogP contribution in [0.3, 0.4) is 0 Å². The lowest BCUT2D eigenvalue weighted by Gasteiger charge is -2.43. The summed E-state index contributed by atoms with van der Waals surface area (Å²) in [6.45, 7) is 8.28. The molecule has 2 saturated heterocycles. The molecule has 2 aliphatic rings. The molecule has 0 aliphatic carbocycles. The topological polar surface area (TPSA) is 70.1 Å². The van der Waals surface area contributed by atoms with Gasteiger partial charge in [0.15, 0.2) is 0 Å². The van der Waals surface area contributed by atoms with Crippen molar-refractivity contribution in [3.8, 4) is 0 Å². The Morgan fingerprint density at radius 3 is 2.53 bits per heavy atom. The molecule has 0 aromatic carbocycles. The molecule has 0 bridgehead atoms. The van der Waals surface area contributed by atoms with E-state index in [1.165, 1.54) is 0 Å². The first-order valence-corrected chi connectivity index (χ1v) is 6.70. The maximum absolute atomic E-state index is 12.5. The third-order valence-electron chi connectivity index (χ3n) is 4.08. The number of nitrogens with zero attached hydrogens (tertiary/aromatic N) is 2. The van der Waals surface area contributed by atoms with E-state index in [2.05, 4.69) is 0 Å². The Hall–Kier alpha value is -1.30. The van der Waals surface area contributed by atoms with Crippen molar-refractivity contribution in [1.82, 2.24) is 9.80 Å². The molecule has 2 atom stereocenters. The highest BCUT2D eigenvalue weighted by Gasteiger charge is 2.42. The van der Waals surface area contributed by atoms with Crippen molar-refractivity contribution in [2.45, 2.75) is 26.3 Å². The molecule has 0 aromatic heterocycles. The number of carboxylic acids is 1. The summed E-state index contributed by atoms with van der Waals surface area (Å²) < 4.78 is 5.40. The number of rotatable bonds is 1. The normalized spacial score (nSPS) is 30.5. The van der Waals surface area contributed by atoms with Crippen LogP contribution in [0.25, 0.3) is 0 Å². The monoisotopic (exact) mass is 270 g/mol. The zero-order valence-electron chi connectivity index (χ0n) is 11.8. The fraction of sp³-hybridized carbons (Fsp3) is 0.846. The van der Waals surface area contributed by atoms with Gasteiger partial charge in [0.05, 0.1) is 24.7 Å². The van der Waals surface area contributed by atoms with Crippen LogP contribution in [0, 0.1) is 11.8 Å². The first-order valence-electron chi connectivity index (χ1n) is 6.70. The molecule has 0 radical (unpaired) electrons. The van der Waals surface area contributed by atoms with Gasteiger partial charge in [0.1, 0.15) is 0 Å². The number of hydrogen-bond acceptors (Lipinski definition) is 3. The number of carboxylic acid groups (broad SMARTS) is 1. The van der Waals surface area contributed by atoms with Crippen molar-refractivity contribution in [3.63, 3.8) is 0 Å². The average molecular weight is 270 g/mol. The minimum Gasteiger partial charge on any atom is -0.481 e. The number of likely N-dealkylation sites (tertiary alicyclic amines) is 1. The second-order valence-corrected chi connectivity index (χ2v) is 6.13. The summed E-state index contributed by atoms with van der Waals surface area (Å²) >= 11 is 0. The van der Waals surface area contributed by atoms with E-state index in [4.69, 9.17) is 9.84 Å². The van der Waals surface area contributed by atoms with Crippen LogP contribution >= 0.6 is 0 Å². The van der Waals surface area contributed by atoms with Gasteiger partial charge >= 0.3 is 12.0 Å². The number of hydrogen-bond donors (Lipinski definition) is 1. The van der Waals surface area contributed by atoms with Gasteiger partial charge in [0.25, 0.3) is 0 Å². The smallest absolute Gasteiger partial charge is 0.320 e. The number of ether oxygens (including phenoxy) is 1. The molecule has 2 heterocycles. The Balaban J connectivity index is 2.06. The molecule has 2 amide bonds. The zero-order chi connectivity index (χ0) is 14.2. The highest BCUT2D eigenvalue weighted by molar-refractivity contribution is 5.78. The maximum Gasteiger partial charge on any atom is 0.320 e. The van der Waals surface area contributed by atoms with Crippen LogP contribution in [0.2, 0.25) is 0 Å². The predicted molar refractivity (Wildman–Crippen MR) is 68.9 cm³/mol. The molecule has 0 unspecified atom stereocenters. The van der Waals surface area contributed by atoms with E-state index in [9.17, 15) is 9.59 Å². The molecule has 19 heavy (non-hydrogen) atoms. The van der Waals surface area contributed by atoms with E-state index in [1.807, 2.05) is 20.8 Å². The first kappa shape index (κ1) is 14.1. The van der Waals surface area contributed by atoms with E-state index in [0.29, 0.717) is 32.8 Å². The Bertz CT molecular complexity index is 383. The second kappa shape index (κ2) is 5.00. The second-order valence-electron chi connectivity index (χ2n) is 6.13. The summed E-state index contributed by atoms with van der Waals surface area (Å²) in [6, 6.07) is -0.0658. The summed E-state index contributed by atoms with van der Waals surface area (Å²) in [4.78, 5) is 27.1. The molecule has 6 nitrogen and oxygen atoms in total. The third-order valence-corrected chi connectivity index (χ3v) is 4.08. The van der Waals surface area contributed by atoms with Crippen LogP contribution in [0.4, 0.5) is 4.79 Å². The number of aliphatic carboxylic acids is 1. The Morgan fingerprint density at radius 2 is 2.00 bits per heavy atom. The number of morpholine rings is 1. The lowest BCUT2D eigenvalue weighted by atomic mass is 9.99. The number of urea groups is 1. The fourth-order valence-electron chi connectivity index (χ4n) is 2.83. The number of carbonyl (C=O) groups excluding carboxylic acids is 1. The van der Waals surface area contributed by atoms with Crippen LogP contribution in [0.5, 0.6) is 0 Å². The largest absolute Gasteiger partial charge is 0.481 e. The van der Waals surface area contributed by atoms with Gasteiger partial charge in [-0.05, 0) is 19.8 Å².